The van der Waals surface area contributed by atoms with Crippen molar-refractivity contribution in [3.63, 3.8) is 0 Å². The van der Waals surface area contributed by atoms with Crippen molar-refractivity contribution in [1.82, 2.24) is 14.3 Å². The van der Waals surface area contributed by atoms with Crippen molar-refractivity contribution in [2.45, 2.75) is 11.8 Å². The molecule has 3 aromatic rings. The summed E-state index contributed by atoms with van der Waals surface area (Å²) in [6, 6.07) is 5.97. The number of rotatable bonds is 3. The van der Waals surface area contributed by atoms with E-state index >= 15 is 0 Å². The van der Waals surface area contributed by atoms with E-state index in [4.69, 9.17) is 4.52 Å². The van der Waals surface area contributed by atoms with Gasteiger partial charge in [0.25, 0.3) is 10.0 Å². The highest BCUT2D eigenvalue weighted by molar-refractivity contribution is 7.92. The number of hydrogen-bond acceptors (Lipinski definition) is 5. The fourth-order valence-corrected chi connectivity index (χ4v) is 3.27. The number of nitrogens with one attached hydrogen (secondary N) is 1. The SMILES string of the molecule is Cc1cc(NS(=O)(=O)c2ccc3c(c2)n(C)c(=O)n3C)no1. The molecule has 1 aromatic carbocycles. The quantitative estimate of drug-likeness (QED) is 0.775. The molecule has 0 aliphatic rings. The lowest BCUT2D eigenvalue weighted by atomic mass is 10.3. The Bertz CT molecular complexity index is 1030. The lowest BCUT2D eigenvalue weighted by molar-refractivity contribution is 0.400. The third-order valence-electron chi connectivity index (χ3n) is 3.42. The molecule has 0 fully saturated rings. The fraction of sp³-hybridized carbons (Fsp3) is 0.231. The Labute approximate surface area is 126 Å². The van der Waals surface area contributed by atoms with Crippen LogP contribution in [0.25, 0.3) is 11.0 Å². The molecule has 9 heteroatoms. The van der Waals surface area contributed by atoms with Crippen LogP contribution in [0.5, 0.6) is 0 Å². The molecule has 22 heavy (non-hydrogen) atoms. The van der Waals surface area contributed by atoms with E-state index in [-0.39, 0.29) is 16.4 Å². The van der Waals surface area contributed by atoms with Gasteiger partial charge in [-0.3, -0.25) is 13.9 Å². The van der Waals surface area contributed by atoms with E-state index in [9.17, 15) is 13.2 Å². The summed E-state index contributed by atoms with van der Waals surface area (Å²) in [7, 11) is -0.582. The molecule has 0 atom stereocenters. The number of aryl methyl sites for hydroxylation is 3. The third kappa shape index (κ3) is 2.19. The first-order valence-electron chi connectivity index (χ1n) is 6.41. The molecule has 1 N–H and O–H groups in total. The number of imidazole rings is 1. The van der Waals surface area contributed by atoms with Crippen LogP contribution >= 0.6 is 0 Å². The smallest absolute Gasteiger partial charge is 0.328 e. The Hall–Kier alpha value is -2.55. The van der Waals surface area contributed by atoms with Crippen molar-refractivity contribution in [3.8, 4) is 0 Å². The number of anilines is 1. The van der Waals surface area contributed by atoms with Gasteiger partial charge in [-0.25, -0.2) is 13.2 Å². The van der Waals surface area contributed by atoms with E-state index in [1.54, 1.807) is 27.1 Å². The van der Waals surface area contributed by atoms with Crippen LogP contribution in [0.4, 0.5) is 5.82 Å². The summed E-state index contributed by atoms with van der Waals surface area (Å²) >= 11 is 0. The highest BCUT2D eigenvalue weighted by Crippen LogP contribution is 2.20. The Morgan fingerprint density at radius 2 is 1.82 bits per heavy atom. The Morgan fingerprint density at radius 1 is 1.14 bits per heavy atom. The predicted molar refractivity (Wildman–Crippen MR) is 80.2 cm³/mol. The van der Waals surface area contributed by atoms with Gasteiger partial charge in [0.1, 0.15) is 5.76 Å². The predicted octanol–water partition coefficient (Wildman–Crippen LogP) is 0.974. The number of aromatic nitrogens is 3. The van der Waals surface area contributed by atoms with Crippen LogP contribution < -0.4 is 10.4 Å². The number of sulfonamides is 1. The maximum absolute atomic E-state index is 12.4. The van der Waals surface area contributed by atoms with Gasteiger partial charge in [-0.15, -0.1) is 0 Å². The average Bonchev–Trinajstić information content (AvgIpc) is 2.96. The van der Waals surface area contributed by atoms with Gasteiger partial charge in [0.05, 0.1) is 15.9 Å². The van der Waals surface area contributed by atoms with Gasteiger partial charge >= 0.3 is 5.69 Å². The minimum Gasteiger partial charge on any atom is -0.360 e. The number of nitrogens with zero attached hydrogens (tertiary/aromatic N) is 3. The summed E-state index contributed by atoms with van der Waals surface area (Å²) < 4.78 is 34.8. The van der Waals surface area contributed by atoms with Crippen molar-refractivity contribution in [2.24, 2.45) is 14.1 Å². The Morgan fingerprint density at radius 3 is 2.45 bits per heavy atom. The third-order valence-corrected chi connectivity index (χ3v) is 4.77. The second-order valence-electron chi connectivity index (χ2n) is 4.98. The molecule has 2 heterocycles. The van der Waals surface area contributed by atoms with Crippen molar-refractivity contribution in [2.75, 3.05) is 4.72 Å². The second kappa shape index (κ2) is 4.73. The minimum atomic E-state index is -3.81. The minimum absolute atomic E-state index is 0.0434. The van der Waals surface area contributed by atoms with Gasteiger partial charge in [0.15, 0.2) is 5.82 Å². The van der Waals surface area contributed by atoms with Crippen LogP contribution in [0.1, 0.15) is 5.76 Å². The van der Waals surface area contributed by atoms with E-state index in [1.807, 2.05) is 0 Å². The van der Waals surface area contributed by atoms with Crippen LogP contribution in [-0.4, -0.2) is 22.7 Å². The first kappa shape index (κ1) is 14.4. The zero-order valence-electron chi connectivity index (χ0n) is 12.2. The summed E-state index contributed by atoms with van der Waals surface area (Å²) in [5, 5.41) is 3.60. The first-order valence-corrected chi connectivity index (χ1v) is 7.89. The molecule has 0 unspecified atom stereocenters. The summed E-state index contributed by atoms with van der Waals surface area (Å²) in [4.78, 5) is 11.9. The maximum Gasteiger partial charge on any atom is 0.328 e. The topological polar surface area (TPSA) is 99.1 Å². The van der Waals surface area contributed by atoms with Gasteiger partial charge in [-0.05, 0) is 25.1 Å². The number of fused-ring (bicyclic) bond motifs is 1. The van der Waals surface area contributed by atoms with E-state index in [2.05, 4.69) is 9.88 Å². The highest BCUT2D eigenvalue weighted by atomic mass is 32.2. The van der Waals surface area contributed by atoms with E-state index in [0.29, 0.717) is 16.8 Å². The van der Waals surface area contributed by atoms with Crippen LogP contribution in [0, 0.1) is 6.92 Å². The van der Waals surface area contributed by atoms with Gasteiger partial charge in [0.2, 0.25) is 0 Å². The standard InChI is InChI=1S/C13H14N4O4S/c1-8-6-12(14-21-8)15-22(19,20)9-4-5-10-11(7-9)17(3)13(18)16(10)2/h4-7H,1-3H3,(H,14,15). The molecule has 0 amide bonds. The Kier molecular flexibility index (Phi) is 3.10. The van der Waals surface area contributed by atoms with E-state index < -0.39 is 10.0 Å². The monoisotopic (exact) mass is 322 g/mol. The summed E-state index contributed by atoms with van der Waals surface area (Å²) in [5.41, 5.74) is 0.972. The van der Waals surface area contributed by atoms with Crippen molar-refractivity contribution >= 4 is 26.9 Å². The molecule has 0 aliphatic carbocycles. The van der Waals surface area contributed by atoms with Crippen molar-refractivity contribution in [1.29, 1.82) is 0 Å². The molecular formula is C13H14N4O4S. The van der Waals surface area contributed by atoms with Gasteiger partial charge < -0.3 is 4.52 Å². The number of benzene rings is 1. The molecule has 0 saturated carbocycles. The molecule has 0 saturated heterocycles. The molecule has 0 spiro atoms. The van der Waals surface area contributed by atoms with Gasteiger partial charge in [-0.1, -0.05) is 5.16 Å². The molecule has 3 rings (SSSR count). The van der Waals surface area contributed by atoms with Crippen LogP contribution in [-0.2, 0) is 24.1 Å². The van der Waals surface area contributed by atoms with Crippen molar-refractivity contribution < 1.29 is 12.9 Å². The zero-order valence-corrected chi connectivity index (χ0v) is 13.0. The first-order chi connectivity index (χ1) is 10.3. The highest BCUT2D eigenvalue weighted by Gasteiger charge is 2.18. The zero-order chi connectivity index (χ0) is 16.1. The van der Waals surface area contributed by atoms with Crippen LogP contribution in [0.2, 0.25) is 0 Å². The van der Waals surface area contributed by atoms with E-state index in [1.165, 1.54) is 27.3 Å². The summed E-state index contributed by atoms with van der Waals surface area (Å²) in [5.74, 6) is 0.609. The molecule has 2 aromatic heterocycles. The molecule has 0 radical (unpaired) electrons. The molecule has 0 bridgehead atoms. The van der Waals surface area contributed by atoms with E-state index in [0.717, 1.165) is 0 Å². The lowest BCUT2D eigenvalue weighted by Crippen LogP contribution is -2.19. The normalized spacial score (nSPS) is 12.0. The molecule has 8 nitrogen and oxygen atoms in total. The summed E-state index contributed by atoms with van der Waals surface area (Å²) in [6.45, 7) is 1.66. The van der Waals surface area contributed by atoms with Gasteiger partial charge in [-0.2, -0.15) is 0 Å². The van der Waals surface area contributed by atoms with Gasteiger partial charge in [0, 0.05) is 20.2 Å². The molecular weight excluding hydrogens is 308 g/mol. The lowest BCUT2D eigenvalue weighted by Gasteiger charge is -2.05. The van der Waals surface area contributed by atoms with Crippen molar-refractivity contribution in [3.05, 3.63) is 40.5 Å². The fourth-order valence-electron chi connectivity index (χ4n) is 2.26. The van der Waals surface area contributed by atoms with Crippen LogP contribution in [0.15, 0.2) is 38.5 Å². The number of hydrogen-bond donors (Lipinski definition) is 1. The average molecular weight is 322 g/mol. The molecule has 116 valence electrons. The largest absolute Gasteiger partial charge is 0.360 e. The molecule has 0 aliphatic heterocycles. The maximum atomic E-state index is 12.4. The summed E-state index contributed by atoms with van der Waals surface area (Å²) in [6.07, 6.45) is 0. The Balaban J connectivity index is 2.09. The van der Waals surface area contributed by atoms with Crippen LogP contribution in [0.3, 0.4) is 0 Å². The second-order valence-corrected chi connectivity index (χ2v) is 6.66.